The third-order valence-corrected chi connectivity index (χ3v) is 4.99. The van der Waals surface area contributed by atoms with Crippen LogP contribution in [0.3, 0.4) is 0 Å². The van der Waals surface area contributed by atoms with Crippen molar-refractivity contribution in [2.75, 3.05) is 16.4 Å². The number of aromatic nitrogens is 4. The smallest absolute Gasteiger partial charge is 0.387 e. The lowest BCUT2D eigenvalue weighted by Crippen LogP contribution is -2.27. The van der Waals surface area contributed by atoms with E-state index in [2.05, 4.69) is 30.3 Å². The Hall–Kier alpha value is -3.76. The van der Waals surface area contributed by atoms with Crippen LogP contribution < -0.4 is 26.7 Å². The molecular weight excluding hydrogens is 408 g/mol. The summed E-state index contributed by atoms with van der Waals surface area (Å²) in [6.07, 6.45) is 8.03. The predicted molar refractivity (Wildman–Crippen MR) is 112 cm³/mol. The number of nitrogens with zero attached hydrogens (tertiary/aromatic N) is 4. The highest BCUT2D eigenvalue weighted by Crippen LogP contribution is 2.28. The molecule has 1 aliphatic rings. The van der Waals surface area contributed by atoms with E-state index in [-0.39, 0.29) is 23.4 Å². The number of hydrogen-bond acceptors (Lipinski definition) is 8. The van der Waals surface area contributed by atoms with Crippen LogP contribution in [0, 0.1) is 0 Å². The minimum atomic E-state index is -2.92. The summed E-state index contributed by atoms with van der Waals surface area (Å²) in [6, 6.07) is 6.68. The van der Waals surface area contributed by atoms with Gasteiger partial charge in [-0.3, -0.25) is 14.3 Å². The molecular formula is C20H21F2N7O2. The molecule has 3 aromatic rings. The van der Waals surface area contributed by atoms with Crippen molar-refractivity contribution in [3.05, 3.63) is 59.4 Å². The molecule has 0 spiro atoms. The van der Waals surface area contributed by atoms with E-state index in [1.54, 1.807) is 30.6 Å². The van der Waals surface area contributed by atoms with E-state index in [1.807, 2.05) is 0 Å². The summed E-state index contributed by atoms with van der Waals surface area (Å²) in [7, 11) is 0. The Labute approximate surface area is 176 Å². The fourth-order valence-electron chi connectivity index (χ4n) is 3.62. The third-order valence-electron chi connectivity index (χ3n) is 4.99. The van der Waals surface area contributed by atoms with E-state index in [9.17, 15) is 13.6 Å². The molecule has 4 rings (SSSR count). The Morgan fingerprint density at radius 3 is 2.52 bits per heavy atom. The number of hydrogen-bond donors (Lipinski definition) is 3. The predicted octanol–water partition coefficient (Wildman–Crippen LogP) is 2.65. The van der Waals surface area contributed by atoms with Crippen LogP contribution in [0.5, 0.6) is 5.75 Å². The number of alkyl halides is 2. The van der Waals surface area contributed by atoms with E-state index in [4.69, 9.17) is 5.73 Å². The molecule has 3 heterocycles. The number of nitrogens with one attached hydrogen (secondary N) is 2. The zero-order valence-electron chi connectivity index (χ0n) is 16.4. The van der Waals surface area contributed by atoms with Gasteiger partial charge >= 0.3 is 6.61 Å². The normalized spacial score (nSPS) is 18.2. The quantitative estimate of drug-likeness (QED) is 0.524. The third kappa shape index (κ3) is 4.87. The molecule has 0 saturated heterocycles. The fraction of sp³-hybridized carbons (Fsp3) is 0.300. The highest BCUT2D eigenvalue weighted by atomic mass is 19.3. The van der Waals surface area contributed by atoms with Gasteiger partial charge < -0.3 is 21.1 Å². The van der Waals surface area contributed by atoms with Crippen LogP contribution in [0.4, 0.5) is 26.2 Å². The molecule has 9 nitrogen and oxygen atoms in total. The topological polar surface area (TPSA) is 120 Å². The molecule has 0 aliphatic heterocycles. The first kappa shape index (κ1) is 20.5. The molecule has 31 heavy (non-hydrogen) atoms. The van der Waals surface area contributed by atoms with E-state index in [0.29, 0.717) is 23.1 Å². The number of pyridine rings is 2. The van der Waals surface area contributed by atoms with Gasteiger partial charge in [0.2, 0.25) is 5.95 Å². The number of nitrogens with two attached hydrogens (primary N) is 1. The lowest BCUT2D eigenvalue weighted by molar-refractivity contribution is -0.0503. The fourth-order valence-corrected chi connectivity index (χ4v) is 3.62. The van der Waals surface area contributed by atoms with E-state index in [1.165, 1.54) is 23.0 Å². The second-order valence-electron chi connectivity index (χ2n) is 7.14. The lowest BCUT2D eigenvalue weighted by Gasteiger charge is -2.21. The minimum Gasteiger partial charge on any atom is -0.432 e. The molecule has 1 saturated carbocycles. The van der Waals surface area contributed by atoms with Gasteiger partial charge in [0.05, 0.1) is 30.0 Å². The van der Waals surface area contributed by atoms with Crippen molar-refractivity contribution in [3.8, 4) is 11.4 Å². The van der Waals surface area contributed by atoms with Crippen LogP contribution in [0.2, 0.25) is 0 Å². The van der Waals surface area contributed by atoms with Gasteiger partial charge in [-0.15, -0.1) is 0 Å². The molecule has 0 amide bonds. The Morgan fingerprint density at radius 2 is 1.84 bits per heavy atom. The molecule has 162 valence electrons. The molecule has 0 radical (unpaired) electrons. The van der Waals surface area contributed by atoms with Crippen LogP contribution in [0.25, 0.3) is 5.69 Å². The highest BCUT2D eigenvalue weighted by molar-refractivity contribution is 5.65. The van der Waals surface area contributed by atoms with Crippen molar-refractivity contribution in [2.24, 2.45) is 0 Å². The zero-order chi connectivity index (χ0) is 21.8. The largest absolute Gasteiger partial charge is 0.432 e. The van der Waals surface area contributed by atoms with Crippen LogP contribution in [-0.4, -0.2) is 38.2 Å². The van der Waals surface area contributed by atoms with Crippen LogP contribution in [-0.2, 0) is 0 Å². The average molecular weight is 429 g/mol. The number of rotatable bonds is 7. The van der Waals surface area contributed by atoms with Gasteiger partial charge in [-0.25, -0.2) is 9.97 Å². The standard InChI is InChI=1S/C20H21F2N7O2/c21-19(22)31-15-10-25-20(26-11-15)28-13-4-3-12(8-13)27-18-16(23)5-6-17(30)29(18)14-2-1-7-24-9-14/h1-2,5-7,9-13,19,27H,3-4,8,23H2,(H,25,26,28)/t12-,13-/m0/s1. The van der Waals surface area contributed by atoms with Crippen LogP contribution >= 0.6 is 0 Å². The Kier molecular flexibility index (Phi) is 5.92. The SMILES string of the molecule is Nc1ccc(=O)n(-c2cccnc2)c1N[C@H]1CC[C@H](Nc2ncc(OC(F)F)cn2)C1. The maximum Gasteiger partial charge on any atom is 0.387 e. The van der Waals surface area contributed by atoms with Crippen molar-refractivity contribution in [1.82, 2.24) is 19.5 Å². The zero-order valence-corrected chi connectivity index (χ0v) is 16.4. The first-order valence-corrected chi connectivity index (χ1v) is 9.71. The summed E-state index contributed by atoms with van der Waals surface area (Å²) in [5.74, 6) is 0.758. The number of halogens is 2. The van der Waals surface area contributed by atoms with Gasteiger partial charge in [0, 0.05) is 24.3 Å². The monoisotopic (exact) mass is 429 g/mol. The first-order valence-electron chi connectivity index (χ1n) is 9.71. The molecule has 2 atom stereocenters. The van der Waals surface area contributed by atoms with Crippen LogP contribution in [0.15, 0.2) is 53.8 Å². The maximum absolute atomic E-state index is 12.5. The number of ether oxygens (including phenoxy) is 1. The summed E-state index contributed by atoms with van der Waals surface area (Å²) < 4.78 is 30.2. The van der Waals surface area contributed by atoms with E-state index >= 15 is 0 Å². The van der Waals surface area contributed by atoms with Gasteiger partial charge in [0.15, 0.2) is 5.75 Å². The second-order valence-corrected chi connectivity index (χ2v) is 7.14. The van der Waals surface area contributed by atoms with E-state index in [0.717, 1.165) is 19.3 Å². The van der Waals surface area contributed by atoms with E-state index < -0.39 is 6.61 Å². The van der Waals surface area contributed by atoms with Crippen molar-refractivity contribution in [1.29, 1.82) is 0 Å². The van der Waals surface area contributed by atoms with Gasteiger partial charge in [-0.05, 0) is 37.5 Å². The number of anilines is 3. The highest BCUT2D eigenvalue weighted by Gasteiger charge is 2.26. The summed E-state index contributed by atoms with van der Waals surface area (Å²) in [6.45, 7) is -2.92. The van der Waals surface area contributed by atoms with Gasteiger partial charge in [-0.2, -0.15) is 8.78 Å². The molecule has 3 aromatic heterocycles. The molecule has 1 fully saturated rings. The summed E-state index contributed by atoms with van der Waals surface area (Å²) in [4.78, 5) is 24.6. The van der Waals surface area contributed by atoms with Gasteiger partial charge in [-0.1, -0.05) is 0 Å². The molecule has 0 bridgehead atoms. The summed E-state index contributed by atoms with van der Waals surface area (Å²) in [5, 5.41) is 6.58. The van der Waals surface area contributed by atoms with Crippen molar-refractivity contribution >= 4 is 17.5 Å². The molecule has 1 aliphatic carbocycles. The summed E-state index contributed by atoms with van der Waals surface area (Å²) in [5.41, 5.74) is 7.03. The second kappa shape index (κ2) is 8.94. The first-order chi connectivity index (χ1) is 15.0. The minimum absolute atomic E-state index is 0.0611. The van der Waals surface area contributed by atoms with Gasteiger partial charge in [0.1, 0.15) is 5.82 Å². The van der Waals surface area contributed by atoms with Gasteiger partial charge in [0.25, 0.3) is 5.56 Å². The maximum atomic E-state index is 12.5. The Morgan fingerprint density at radius 1 is 1.10 bits per heavy atom. The van der Waals surface area contributed by atoms with Crippen LogP contribution in [0.1, 0.15) is 19.3 Å². The Balaban J connectivity index is 1.44. The van der Waals surface area contributed by atoms with Crippen molar-refractivity contribution in [2.45, 2.75) is 38.0 Å². The molecule has 11 heteroatoms. The lowest BCUT2D eigenvalue weighted by atomic mass is 10.2. The number of nitrogen functional groups attached to an aromatic ring is 1. The van der Waals surface area contributed by atoms with Crippen molar-refractivity contribution < 1.29 is 13.5 Å². The summed E-state index contributed by atoms with van der Waals surface area (Å²) >= 11 is 0. The molecule has 4 N–H and O–H groups in total. The van der Waals surface area contributed by atoms with Crippen molar-refractivity contribution in [3.63, 3.8) is 0 Å². The molecule has 0 aromatic carbocycles. The average Bonchev–Trinajstić information content (AvgIpc) is 3.19. The Bertz CT molecular complexity index is 1080. The molecule has 0 unspecified atom stereocenters.